The van der Waals surface area contributed by atoms with Crippen LogP contribution in [-0.2, 0) is 6.42 Å². The maximum atomic E-state index is 13.5. The highest BCUT2D eigenvalue weighted by atomic mass is 79.9. The van der Waals surface area contributed by atoms with Gasteiger partial charge >= 0.3 is 0 Å². The zero-order valence-electron chi connectivity index (χ0n) is 9.58. The van der Waals surface area contributed by atoms with Crippen LogP contribution in [0.5, 0.6) is 0 Å². The summed E-state index contributed by atoms with van der Waals surface area (Å²) in [5, 5.41) is 10.1. The van der Waals surface area contributed by atoms with Crippen molar-refractivity contribution in [2.45, 2.75) is 19.4 Å². The first-order valence-electron chi connectivity index (χ1n) is 5.35. The summed E-state index contributed by atoms with van der Waals surface area (Å²) in [7, 11) is 0. The molecule has 0 aliphatic carbocycles. The quantitative estimate of drug-likeness (QED) is 0.884. The molecule has 1 unspecified atom stereocenters. The first-order valence-corrected chi connectivity index (χ1v) is 6.96. The minimum atomic E-state index is -0.793. The van der Waals surface area contributed by atoms with E-state index in [0.29, 0.717) is 5.56 Å². The second-order valence-electron chi connectivity index (χ2n) is 4.02. The van der Waals surface area contributed by atoms with Gasteiger partial charge in [-0.15, -0.1) is 11.3 Å². The Morgan fingerprint density at radius 2 is 2.06 bits per heavy atom. The van der Waals surface area contributed by atoms with Crippen molar-refractivity contribution in [1.29, 1.82) is 0 Å². The Bertz CT molecular complexity index is 568. The van der Waals surface area contributed by atoms with Crippen LogP contribution in [0.2, 0.25) is 0 Å². The third-order valence-corrected chi connectivity index (χ3v) is 4.64. The molecule has 1 nitrogen and oxygen atoms in total. The highest BCUT2D eigenvalue weighted by Crippen LogP contribution is 2.34. The summed E-state index contributed by atoms with van der Waals surface area (Å²) in [6, 6.07) is 5.29. The molecule has 5 heteroatoms. The fourth-order valence-electron chi connectivity index (χ4n) is 1.72. The summed E-state index contributed by atoms with van der Waals surface area (Å²) in [6.07, 6.45) is -0.664. The van der Waals surface area contributed by atoms with E-state index in [9.17, 15) is 13.9 Å². The molecule has 0 radical (unpaired) electrons. The molecular formula is C13H11BrF2OS. The molecule has 1 aromatic carbocycles. The van der Waals surface area contributed by atoms with Crippen molar-refractivity contribution in [2.75, 3.05) is 0 Å². The van der Waals surface area contributed by atoms with Gasteiger partial charge < -0.3 is 5.11 Å². The molecule has 0 saturated heterocycles. The zero-order chi connectivity index (χ0) is 13.3. The highest BCUT2D eigenvalue weighted by molar-refractivity contribution is 9.10. The van der Waals surface area contributed by atoms with Crippen molar-refractivity contribution < 1.29 is 13.9 Å². The van der Waals surface area contributed by atoms with E-state index < -0.39 is 17.7 Å². The topological polar surface area (TPSA) is 20.2 Å². The van der Waals surface area contributed by atoms with Gasteiger partial charge in [0.2, 0.25) is 0 Å². The average Bonchev–Trinajstić information content (AvgIpc) is 2.62. The van der Waals surface area contributed by atoms with Gasteiger partial charge in [0, 0.05) is 26.7 Å². The van der Waals surface area contributed by atoms with Crippen molar-refractivity contribution in [1.82, 2.24) is 0 Å². The number of thiophene rings is 1. The lowest BCUT2D eigenvalue weighted by Crippen LogP contribution is -2.02. The number of aliphatic hydroxyl groups excluding tert-OH is 1. The third-order valence-electron chi connectivity index (χ3n) is 2.57. The minimum absolute atomic E-state index is 0.130. The average molecular weight is 333 g/mol. The Balaban J connectivity index is 2.21. The lowest BCUT2D eigenvalue weighted by molar-refractivity contribution is 0.180. The molecule has 0 aliphatic heterocycles. The number of rotatable bonds is 3. The van der Waals surface area contributed by atoms with Crippen LogP contribution in [0.25, 0.3) is 0 Å². The molecule has 0 spiro atoms. The zero-order valence-corrected chi connectivity index (χ0v) is 12.0. The largest absolute Gasteiger partial charge is 0.387 e. The van der Waals surface area contributed by atoms with Crippen LogP contribution < -0.4 is 0 Å². The Hall–Kier alpha value is -0.780. The normalized spacial score (nSPS) is 12.7. The van der Waals surface area contributed by atoms with Crippen molar-refractivity contribution >= 4 is 27.3 Å². The van der Waals surface area contributed by atoms with Crippen LogP contribution >= 0.6 is 27.3 Å². The molecule has 2 rings (SSSR count). The van der Waals surface area contributed by atoms with Crippen LogP contribution in [0.15, 0.2) is 28.7 Å². The second kappa shape index (κ2) is 5.47. The summed E-state index contributed by atoms with van der Waals surface area (Å²) in [6.45, 7) is 1.93. The Kier molecular flexibility index (Phi) is 4.14. The van der Waals surface area contributed by atoms with Crippen LogP contribution in [-0.4, -0.2) is 5.11 Å². The molecule has 0 fully saturated rings. The van der Waals surface area contributed by atoms with Gasteiger partial charge in [-0.05, 0) is 40.5 Å². The molecule has 1 aromatic heterocycles. The van der Waals surface area contributed by atoms with Crippen LogP contribution in [0.4, 0.5) is 8.78 Å². The van der Waals surface area contributed by atoms with Crippen molar-refractivity contribution in [3.05, 3.63) is 55.7 Å². The van der Waals surface area contributed by atoms with E-state index >= 15 is 0 Å². The fourth-order valence-corrected chi connectivity index (χ4v) is 3.62. The fraction of sp³-hybridized carbons (Fsp3) is 0.231. The Morgan fingerprint density at radius 3 is 2.61 bits per heavy atom. The number of aliphatic hydroxyl groups is 1. The van der Waals surface area contributed by atoms with Crippen LogP contribution in [0.1, 0.15) is 21.4 Å². The lowest BCUT2D eigenvalue weighted by Gasteiger charge is -2.10. The monoisotopic (exact) mass is 332 g/mol. The van der Waals surface area contributed by atoms with Gasteiger partial charge in [-0.1, -0.05) is 6.07 Å². The van der Waals surface area contributed by atoms with Gasteiger partial charge in [-0.2, -0.15) is 0 Å². The number of hydrogen-bond donors (Lipinski definition) is 1. The van der Waals surface area contributed by atoms with Crippen LogP contribution in [0.3, 0.4) is 0 Å². The van der Waals surface area contributed by atoms with E-state index in [4.69, 9.17) is 0 Å². The minimum Gasteiger partial charge on any atom is -0.387 e. The van der Waals surface area contributed by atoms with E-state index in [1.54, 1.807) is 0 Å². The van der Waals surface area contributed by atoms with Gasteiger partial charge in [0.25, 0.3) is 0 Å². The highest BCUT2D eigenvalue weighted by Gasteiger charge is 2.17. The van der Waals surface area contributed by atoms with E-state index in [2.05, 4.69) is 15.9 Å². The van der Waals surface area contributed by atoms with Crippen molar-refractivity contribution in [2.24, 2.45) is 0 Å². The van der Waals surface area contributed by atoms with Gasteiger partial charge in [-0.3, -0.25) is 0 Å². The second-order valence-corrected chi connectivity index (χ2v) is 6.17. The Labute approximate surface area is 116 Å². The van der Waals surface area contributed by atoms with Crippen molar-refractivity contribution in [3.63, 3.8) is 0 Å². The van der Waals surface area contributed by atoms with E-state index in [1.807, 2.05) is 13.0 Å². The Morgan fingerprint density at radius 1 is 1.33 bits per heavy atom. The molecule has 1 heterocycles. The first kappa shape index (κ1) is 13.6. The maximum Gasteiger partial charge on any atom is 0.129 e. The number of benzene rings is 1. The molecule has 0 amide bonds. The van der Waals surface area contributed by atoms with Gasteiger partial charge in [0.15, 0.2) is 0 Å². The first-order chi connectivity index (χ1) is 8.47. The molecule has 0 aliphatic rings. The molecule has 1 atom stereocenters. The standard InChI is InChI=1S/C13H11BrF2OS/c1-7-4-10(14)13(18-7)12(17)5-8-2-3-9(15)6-11(8)16/h2-4,6,12,17H,5H2,1H3. The van der Waals surface area contributed by atoms with Crippen LogP contribution in [0, 0.1) is 18.6 Å². The smallest absolute Gasteiger partial charge is 0.129 e. The molecule has 2 aromatic rings. The SMILES string of the molecule is Cc1cc(Br)c(C(O)Cc2ccc(F)cc2F)s1. The molecule has 18 heavy (non-hydrogen) atoms. The van der Waals surface area contributed by atoms with Crippen molar-refractivity contribution in [3.8, 4) is 0 Å². The van der Waals surface area contributed by atoms with Gasteiger partial charge in [0.1, 0.15) is 11.6 Å². The van der Waals surface area contributed by atoms with Gasteiger partial charge in [-0.25, -0.2) is 8.78 Å². The van der Waals surface area contributed by atoms with E-state index in [1.165, 1.54) is 23.5 Å². The molecule has 0 bridgehead atoms. The predicted octanol–water partition coefficient (Wildman–Crippen LogP) is 4.37. The maximum absolute atomic E-state index is 13.5. The number of halogens is 3. The van der Waals surface area contributed by atoms with Gasteiger partial charge in [0.05, 0.1) is 6.10 Å². The van der Waals surface area contributed by atoms with E-state index in [0.717, 1.165) is 20.3 Å². The third kappa shape index (κ3) is 2.96. The summed E-state index contributed by atoms with van der Waals surface area (Å²) >= 11 is 4.82. The molecular weight excluding hydrogens is 322 g/mol. The summed E-state index contributed by atoms with van der Waals surface area (Å²) in [5.74, 6) is -1.24. The lowest BCUT2D eigenvalue weighted by atomic mass is 10.1. The molecule has 1 N–H and O–H groups in total. The summed E-state index contributed by atoms with van der Waals surface area (Å²) in [5.41, 5.74) is 0.307. The summed E-state index contributed by atoms with van der Waals surface area (Å²) < 4.78 is 27.1. The predicted molar refractivity (Wildman–Crippen MR) is 71.8 cm³/mol. The number of aryl methyl sites for hydroxylation is 1. The molecule has 96 valence electrons. The molecule has 0 saturated carbocycles. The van der Waals surface area contributed by atoms with E-state index in [-0.39, 0.29) is 6.42 Å². The summed E-state index contributed by atoms with van der Waals surface area (Å²) in [4.78, 5) is 1.83. The number of hydrogen-bond acceptors (Lipinski definition) is 2.